The number of amides is 1. The first-order chi connectivity index (χ1) is 14.4. The van der Waals surface area contributed by atoms with E-state index in [1.165, 1.54) is 11.0 Å². The second-order valence-corrected chi connectivity index (χ2v) is 7.59. The first kappa shape index (κ1) is 21.8. The molecule has 3 heterocycles. The van der Waals surface area contributed by atoms with Crippen LogP contribution < -0.4 is 21.9 Å². The number of aryl methyl sites for hydroxylation is 2. The van der Waals surface area contributed by atoms with Crippen LogP contribution in [0.4, 0.5) is 11.5 Å². The second-order valence-electron chi connectivity index (χ2n) is 7.59. The van der Waals surface area contributed by atoms with E-state index in [-0.39, 0.29) is 29.8 Å². The van der Waals surface area contributed by atoms with Crippen LogP contribution in [0, 0.1) is 13.8 Å². The van der Waals surface area contributed by atoms with Crippen molar-refractivity contribution < 1.29 is 9.53 Å². The fraction of sp³-hybridized carbons (Fsp3) is 0.524. The summed E-state index contributed by atoms with van der Waals surface area (Å²) in [6.07, 6.45) is 6.20. The van der Waals surface area contributed by atoms with Gasteiger partial charge in [-0.3, -0.25) is 14.2 Å². The maximum atomic E-state index is 13.1. The number of carbonyl (C=O) groups excluding carboxylic acids is 1. The molecule has 9 heteroatoms. The molecule has 1 unspecified atom stereocenters. The molecular formula is C21H30N6O3. The zero-order valence-corrected chi connectivity index (χ0v) is 17.8. The number of nitrogens with two attached hydrogens (primary N) is 1. The summed E-state index contributed by atoms with van der Waals surface area (Å²) < 4.78 is 7.19. The highest BCUT2D eigenvalue weighted by Crippen LogP contribution is 2.20. The number of anilines is 2. The van der Waals surface area contributed by atoms with Crippen LogP contribution >= 0.6 is 0 Å². The summed E-state index contributed by atoms with van der Waals surface area (Å²) in [5.41, 5.74) is 8.23. The number of nitrogen functional groups attached to an aromatic ring is 1. The number of hydrogen-bond acceptors (Lipinski definition) is 7. The number of carbonyl (C=O) groups is 1. The van der Waals surface area contributed by atoms with Gasteiger partial charge in [-0.25, -0.2) is 9.97 Å². The minimum atomic E-state index is -0.308. The maximum Gasteiger partial charge on any atom is 0.299 e. The van der Waals surface area contributed by atoms with E-state index in [0.717, 1.165) is 31.4 Å². The quantitative estimate of drug-likeness (QED) is 0.627. The van der Waals surface area contributed by atoms with Gasteiger partial charge < -0.3 is 21.1 Å². The van der Waals surface area contributed by atoms with Crippen LogP contribution in [0.2, 0.25) is 0 Å². The van der Waals surface area contributed by atoms with Gasteiger partial charge in [0.1, 0.15) is 0 Å². The second kappa shape index (κ2) is 9.71. The molecule has 0 radical (unpaired) electrons. The number of ether oxygens (including phenoxy) is 1. The fourth-order valence-electron chi connectivity index (χ4n) is 3.58. The third kappa shape index (κ3) is 4.96. The van der Waals surface area contributed by atoms with Crippen molar-refractivity contribution in [2.24, 2.45) is 0 Å². The van der Waals surface area contributed by atoms with E-state index in [2.05, 4.69) is 20.6 Å². The molecule has 0 aromatic carbocycles. The van der Waals surface area contributed by atoms with Crippen molar-refractivity contribution in [2.75, 3.05) is 31.2 Å². The smallest absolute Gasteiger partial charge is 0.299 e. The minimum Gasteiger partial charge on any atom is -0.396 e. The van der Waals surface area contributed by atoms with Crippen LogP contribution in [0.1, 0.15) is 42.6 Å². The van der Waals surface area contributed by atoms with E-state index in [9.17, 15) is 9.59 Å². The Kier molecular flexibility index (Phi) is 7.04. The predicted octanol–water partition coefficient (Wildman–Crippen LogP) is 1.49. The summed E-state index contributed by atoms with van der Waals surface area (Å²) in [7, 11) is 1.58. The Morgan fingerprint density at radius 1 is 1.37 bits per heavy atom. The lowest BCUT2D eigenvalue weighted by Crippen LogP contribution is -2.29. The molecule has 0 aliphatic carbocycles. The molecular weight excluding hydrogens is 384 g/mol. The zero-order chi connectivity index (χ0) is 21.7. The molecule has 1 aliphatic heterocycles. The maximum absolute atomic E-state index is 13.1. The highest BCUT2D eigenvalue weighted by molar-refractivity contribution is 5.79. The molecule has 2 aromatic heterocycles. The van der Waals surface area contributed by atoms with Gasteiger partial charge in [-0.2, -0.15) is 0 Å². The molecule has 0 bridgehead atoms. The van der Waals surface area contributed by atoms with Crippen molar-refractivity contribution in [1.82, 2.24) is 19.9 Å². The molecule has 1 atom stereocenters. The molecule has 30 heavy (non-hydrogen) atoms. The molecule has 4 N–H and O–H groups in total. The number of pyridine rings is 1. The molecule has 1 fully saturated rings. The Labute approximate surface area is 176 Å². The average Bonchev–Trinajstić information content (AvgIpc) is 2.73. The minimum absolute atomic E-state index is 0.127. The van der Waals surface area contributed by atoms with E-state index in [4.69, 9.17) is 10.5 Å². The summed E-state index contributed by atoms with van der Waals surface area (Å²) in [6, 6.07) is 1.70. The topological polar surface area (TPSA) is 124 Å². The Hall–Kier alpha value is -2.94. The van der Waals surface area contributed by atoms with Crippen molar-refractivity contribution >= 4 is 17.4 Å². The van der Waals surface area contributed by atoms with Crippen LogP contribution in [0.3, 0.4) is 0 Å². The molecule has 162 valence electrons. The normalized spacial score (nSPS) is 16.3. The Bertz CT molecular complexity index is 966. The fourth-order valence-corrected chi connectivity index (χ4v) is 3.58. The van der Waals surface area contributed by atoms with Gasteiger partial charge in [0.25, 0.3) is 5.56 Å². The third-order valence-electron chi connectivity index (χ3n) is 5.34. The molecule has 0 saturated carbocycles. The van der Waals surface area contributed by atoms with E-state index in [0.29, 0.717) is 29.4 Å². The number of nitrogens with one attached hydrogen (secondary N) is 2. The lowest BCUT2D eigenvalue weighted by molar-refractivity contribution is -0.119. The highest BCUT2D eigenvalue weighted by atomic mass is 16.5. The van der Waals surface area contributed by atoms with Gasteiger partial charge in [0, 0.05) is 37.8 Å². The lowest BCUT2D eigenvalue weighted by Gasteiger charge is -2.22. The van der Waals surface area contributed by atoms with Crippen molar-refractivity contribution in [2.45, 2.75) is 52.1 Å². The molecule has 1 saturated heterocycles. The number of nitrogens with zero attached hydrogens (tertiary/aromatic N) is 3. The van der Waals surface area contributed by atoms with Crippen LogP contribution in [0.15, 0.2) is 17.1 Å². The number of hydrogen-bond donors (Lipinski definition) is 3. The van der Waals surface area contributed by atoms with Crippen LogP contribution in [0.25, 0.3) is 5.82 Å². The number of aromatic nitrogens is 3. The van der Waals surface area contributed by atoms with Gasteiger partial charge >= 0.3 is 0 Å². The first-order valence-electron chi connectivity index (χ1n) is 10.3. The molecule has 0 spiro atoms. The van der Waals surface area contributed by atoms with E-state index >= 15 is 0 Å². The van der Waals surface area contributed by atoms with Gasteiger partial charge in [-0.15, -0.1) is 0 Å². The summed E-state index contributed by atoms with van der Waals surface area (Å²) >= 11 is 0. The molecule has 1 amide bonds. The van der Waals surface area contributed by atoms with Gasteiger partial charge in [-0.1, -0.05) is 0 Å². The van der Waals surface area contributed by atoms with Gasteiger partial charge in [0.05, 0.1) is 18.2 Å². The van der Waals surface area contributed by atoms with E-state index in [1.807, 2.05) is 0 Å². The van der Waals surface area contributed by atoms with Crippen molar-refractivity contribution in [1.29, 1.82) is 0 Å². The highest BCUT2D eigenvalue weighted by Gasteiger charge is 2.17. The molecule has 1 aliphatic rings. The summed E-state index contributed by atoms with van der Waals surface area (Å²) in [5, 5.41) is 5.72. The third-order valence-corrected chi connectivity index (χ3v) is 5.34. The van der Waals surface area contributed by atoms with Crippen LogP contribution in [0.5, 0.6) is 0 Å². The summed E-state index contributed by atoms with van der Waals surface area (Å²) in [6.45, 7) is 4.98. The van der Waals surface area contributed by atoms with Crippen molar-refractivity contribution in [3.8, 4) is 5.82 Å². The van der Waals surface area contributed by atoms with Gasteiger partial charge in [-0.05, 0) is 51.2 Å². The molecule has 2 aromatic rings. The largest absolute Gasteiger partial charge is 0.396 e. The lowest BCUT2D eigenvalue weighted by atomic mass is 10.1. The molecule has 9 nitrogen and oxygen atoms in total. The Balaban J connectivity index is 1.83. The van der Waals surface area contributed by atoms with E-state index < -0.39 is 0 Å². The monoisotopic (exact) mass is 414 g/mol. The van der Waals surface area contributed by atoms with Crippen molar-refractivity contribution in [3.63, 3.8) is 0 Å². The van der Waals surface area contributed by atoms with Gasteiger partial charge in [0.15, 0.2) is 11.6 Å². The number of likely N-dealkylation sites (N-methyl/N-ethyl adjacent to an activating group) is 1. The Morgan fingerprint density at radius 2 is 2.17 bits per heavy atom. The van der Waals surface area contributed by atoms with Gasteiger partial charge in [0.2, 0.25) is 5.91 Å². The SMILES string of the molecule is CNC(=O)Cc1cc(N)c(-n2c(C)cnc(NCCC3CCCCO3)c2=O)nc1C. The molecule has 3 rings (SSSR count). The first-order valence-corrected chi connectivity index (χ1v) is 10.3. The summed E-state index contributed by atoms with van der Waals surface area (Å²) in [4.78, 5) is 33.6. The van der Waals surface area contributed by atoms with Crippen molar-refractivity contribution in [3.05, 3.63) is 39.6 Å². The Morgan fingerprint density at radius 3 is 2.87 bits per heavy atom. The summed E-state index contributed by atoms with van der Waals surface area (Å²) in [5.74, 6) is 0.471. The standard InChI is InChI=1S/C21H30N6O3/c1-13-12-25-19(24-8-7-16-6-4-5-9-30-16)21(29)27(13)20-17(22)10-15(14(2)26-20)11-18(28)23-3/h10,12,16H,4-9,11,22H2,1-3H3,(H,23,28)(H,24,25). The van der Waals surface area contributed by atoms with Crippen LogP contribution in [-0.4, -0.2) is 46.7 Å². The number of rotatable bonds is 7. The predicted molar refractivity (Wildman–Crippen MR) is 116 cm³/mol. The van der Waals surface area contributed by atoms with E-state index in [1.54, 1.807) is 33.2 Å². The van der Waals surface area contributed by atoms with Crippen LogP contribution in [-0.2, 0) is 16.0 Å². The zero-order valence-electron chi connectivity index (χ0n) is 17.8. The average molecular weight is 415 g/mol.